The molecule has 196 valence electrons. The van der Waals surface area contributed by atoms with E-state index in [-0.39, 0.29) is 39.6 Å². The number of esters is 1. The van der Waals surface area contributed by atoms with E-state index in [2.05, 4.69) is 15.6 Å². The maximum Gasteiger partial charge on any atom is 0.336 e. The number of carbonyl (C=O) groups excluding carboxylic acids is 3. The number of carboxylic acids is 1. The lowest BCUT2D eigenvalue weighted by Crippen LogP contribution is -2.45. The Morgan fingerprint density at radius 3 is 2.18 bits per heavy atom. The second kappa shape index (κ2) is 11.8. The number of pyridine rings is 1. The van der Waals surface area contributed by atoms with E-state index in [0.717, 1.165) is 0 Å². The number of nitrogens with two attached hydrogens (primary N) is 1. The van der Waals surface area contributed by atoms with Gasteiger partial charge in [-0.25, -0.2) is 9.59 Å². The van der Waals surface area contributed by atoms with Crippen molar-refractivity contribution in [3.63, 3.8) is 0 Å². The molecular formula is C27H27N5O6. The molecule has 38 heavy (non-hydrogen) atoms. The highest BCUT2D eigenvalue weighted by Gasteiger charge is 2.26. The van der Waals surface area contributed by atoms with Crippen molar-refractivity contribution in [2.75, 3.05) is 12.4 Å². The van der Waals surface area contributed by atoms with Crippen LogP contribution in [0.4, 0.5) is 5.69 Å². The second-order valence-corrected chi connectivity index (χ2v) is 8.65. The van der Waals surface area contributed by atoms with Crippen molar-refractivity contribution in [1.29, 1.82) is 5.41 Å². The highest BCUT2D eigenvalue weighted by Crippen LogP contribution is 2.28. The van der Waals surface area contributed by atoms with Crippen LogP contribution in [0.3, 0.4) is 0 Å². The van der Waals surface area contributed by atoms with E-state index < -0.39 is 29.8 Å². The van der Waals surface area contributed by atoms with E-state index in [1.807, 2.05) is 0 Å². The molecule has 0 fully saturated rings. The van der Waals surface area contributed by atoms with Crippen LogP contribution in [0.1, 0.15) is 50.5 Å². The number of anilines is 1. The highest BCUT2D eigenvalue weighted by molar-refractivity contribution is 6.11. The molecule has 0 aliphatic heterocycles. The zero-order chi connectivity index (χ0) is 28.0. The predicted octanol–water partition coefficient (Wildman–Crippen LogP) is 2.91. The number of benzene rings is 2. The fourth-order valence-corrected chi connectivity index (χ4v) is 3.69. The van der Waals surface area contributed by atoms with Crippen molar-refractivity contribution in [3.8, 4) is 11.1 Å². The molecule has 2 aromatic carbocycles. The Labute approximate surface area is 218 Å². The van der Waals surface area contributed by atoms with E-state index in [0.29, 0.717) is 11.3 Å². The van der Waals surface area contributed by atoms with E-state index in [1.54, 1.807) is 38.1 Å². The van der Waals surface area contributed by atoms with Crippen molar-refractivity contribution in [1.82, 2.24) is 10.3 Å². The average Bonchev–Trinajstić information content (AvgIpc) is 2.90. The van der Waals surface area contributed by atoms with Gasteiger partial charge in [0, 0.05) is 34.8 Å². The summed E-state index contributed by atoms with van der Waals surface area (Å²) < 4.78 is 4.74. The first-order valence-corrected chi connectivity index (χ1v) is 11.5. The Kier molecular flexibility index (Phi) is 8.54. The van der Waals surface area contributed by atoms with Crippen LogP contribution >= 0.6 is 0 Å². The fraction of sp³-hybridized carbons (Fsp3) is 0.185. The van der Waals surface area contributed by atoms with Crippen LogP contribution < -0.4 is 16.4 Å². The van der Waals surface area contributed by atoms with Crippen molar-refractivity contribution in [2.45, 2.75) is 19.9 Å². The molecule has 1 atom stereocenters. The van der Waals surface area contributed by atoms with Gasteiger partial charge in [0.05, 0.1) is 18.2 Å². The third-order valence-electron chi connectivity index (χ3n) is 5.73. The molecule has 0 bridgehead atoms. The minimum absolute atomic E-state index is 0.0150. The lowest BCUT2D eigenvalue weighted by atomic mass is 9.94. The molecule has 0 unspecified atom stereocenters. The first-order valence-electron chi connectivity index (χ1n) is 11.5. The van der Waals surface area contributed by atoms with Gasteiger partial charge in [-0.05, 0) is 53.9 Å². The molecule has 1 heterocycles. The summed E-state index contributed by atoms with van der Waals surface area (Å²) in [5.74, 6) is -3.49. The third kappa shape index (κ3) is 6.19. The highest BCUT2D eigenvalue weighted by atomic mass is 16.5. The van der Waals surface area contributed by atoms with E-state index >= 15 is 0 Å². The molecule has 0 saturated carbocycles. The number of nitrogen functional groups attached to an aromatic ring is 1. The Hall–Kier alpha value is -5.06. The van der Waals surface area contributed by atoms with Crippen molar-refractivity contribution in [3.05, 3.63) is 83.2 Å². The molecule has 0 saturated heterocycles. The Morgan fingerprint density at radius 2 is 1.61 bits per heavy atom. The smallest absolute Gasteiger partial charge is 0.336 e. The number of hydrogen-bond acceptors (Lipinski definition) is 7. The number of amidine groups is 1. The van der Waals surface area contributed by atoms with Gasteiger partial charge in [-0.2, -0.15) is 0 Å². The largest absolute Gasteiger partial charge is 0.478 e. The zero-order valence-corrected chi connectivity index (χ0v) is 20.9. The topological polar surface area (TPSA) is 185 Å². The van der Waals surface area contributed by atoms with Crippen LogP contribution in [0.25, 0.3) is 11.1 Å². The summed E-state index contributed by atoms with van der Waals surface area (Å²) in [6.07, 6.45) is 2.76. The number of rotatable bonds is 9. The molecular weight excluding hydrogens is 490 g/mol. The molecule has 11 heteroatoms. The summed E-state index contributed by atoms with van der Waals surface area (Å²) in [6, 6.07) is 10.9. The van der Waals surface area contributed by atoms with Gasteiger partial charge in [-0.3, -0.25) is 20.0 Å². The van der Waals surface area contributed by atoms with Gasteiger partial charge in [-0.1, -0.05) is 19.9 Å². The first kappa shape index (κ1) is 27.5. The second-order valence-electron chi connectivity index (χ2n) is 8.65. The number of hydrogen-bond donors (Lipinski definition) is 5. The number of amides is 2. The molecule has 6 N–H and O–H groups in total. The van der Waals surface area contributed by atoms with Crippen LogP contribution in [0.5, 0.6) is 0 Å². The van der Waals surface area contributed by atoms with Gasteiger partial charge in [-0.15, -0.1) is 0 Å². The van der Waals surface area contributed by atoms with E-state index in [9.17, 15) is 24.3 Å². The van der Waals surface area contributed by atoms with Crippen molar-refractivity contribution >= 4 is 35.3 Å². The normalized spacial score (nSPS) is 11.4. The third-order valence-corrected chi connectivity index (χ3v) is 5.73. The van der Waals surface area contributed by atoms with Gasteiger partial charge < -0.3 is 26.2 Å². The standard InChI is InChI=1S/C27H27N5O6/c1-14(2)22(27(37)38-3)32-24(33)16-6-9-18(20(12-16)26(35)36)21-13-30-11-10-19(21)25(34)31-17-7-4-15(5-8-17)23(28)29/h4-14,22H,1-3H3,(H3,28,29)(H,31,34)(H,32,33)(H,35,36)/t22-/m0/s1. The number of carbonyl (C=O) groups is 4. The molecule has 2 amide bonds. The molecule has 0 radical (unpaired) electrons. The summed E-state index contributed by atoms with van der Waals surface area (Å²) in [7, 11) is 1.21. The van der Waals surface area contributed by atoms with Crippen LogP contribution in [0.15, 0.2) is 60.9 Å². The van der Waals surface area contributed by atoms with Gasteiger partial charge in [0.25, 0.3) is 11.8 Å². The van der Waals surface area contributed by atoms with Crippen molar-refractivity contribution < 1.29 is 29.0 Å². The molecule has 0 aliphatic carbocycles. The van der Waals surface area contributed by atoms with Crippen LogP contribution in [-0.2, 0) is 9.53 Å². The van der Waals surface area contributed by atoms with Crippen LogP contribution in [-0.4, -0.2) is 52.8 Å². The number of methoxy groups -OCH3 is 1. The molecule has 0 spiro atoms. The van der Waals surface area contributed by atoms with Gasteiger partial charge in [0.1, 0.15) is 11.9 Å². The number of aromatic nitrogens is 1. The summed E-state index contributed by atoms with van der Waals surface area (Å²) in [6.45, 7) is 3.47. The molecule has 11 nitrogen and oxygen atoms in total. The predicted molar refractivity (Wildman–Crippen MR) is 140 cm³/mol. The van der Waals surface area contributed by atoms with E-state index in [4.69, 9.17) is 15.9 Å². The SMILES string of the molecule is COC(=O)[C@@H](NC(=O)c1ccc(-c2cnccc2C(=O)Nc2ccc(C(=N)N)cc2)c(C(=O)O)c1)C(C)C. The maximum absolute atomic E-state index is 13.1. The maximum atomic E-state index is 13.1. The van der Waals surface area contributed by atoms with Crippen molar-refractivity contribution in [2.24, 2.45) is 11.7 Å². The van der Waals surface area contributed by atoms with Crippen LogP contribution in [0.2, 0.25) is 0 Å². The Morgan fingerprint density at radius 1 is 0.947 bits per heavy atom. The van der Waals surface area contributed by atoms with Gasteiger partial charge in [0.15, 0.2) is 0 Å². The summed E-state index contributed by atoms with van der Waals surface area (Å²) >= 11 is 0. The molecule has 3 rings (SSSR count). The van der Waals surface area contributed by atoms with Crippen LogP contribution in [0, 0.1) is 11.3 Å². The Balaban J connectivity index is 1.95. The summed E-state index contributed by atoms with van der Waals surface area (Å²) in [5, 5.41) is 22.7. The first-order chi connectivity index (χ1) is 18.0. The lowest BCUT2D eigenvalue weighted by Gasteiger charge is -2.20. The number of ether oxygens (including phenoxy) is 1. The number of aromatic carboxylic acids is 1. The number of nitrogens with one attached hydrogen (secondary N) is 3. The minimum Gasteiger partial charge on any atom is -0.478 e. The van der Waals surface area contributed by atoms with Gasteiger partial charge >= 0.3 is 11.9 Å². The zero-order valence-electron chi connectivity index (χ0n) is 20.9. The monoisotopic (exact) mass is 517 g/mol. The minimum atomic E-state index is -1.32. The molecule has 1 aromatic heterocycles. The summed E-state index contributed by atoms with van der Waals surface area (Å²) in [4.78, 5) is 54.2. The molecule has 0 aliphatic rings. The number of carboxylic acid groups (broad SMARTS) is 1. The lowest BCUT2D eigenvalue weighted by molar-refractivity contribution is -0.144. The quantitative estimate of drug-likeness (QED) is 0.163. The fourth-order valence-electron chi connectivity index (χ4n) is 3.69. The summed E-state index contributed by atoms with van der Waals surface area (Å²) in [5.41, 5.74) is 6.75. The van der Waals surface area contributed by atoms with Gasteiger partial charge in [0.2, 0.25) is 0 Å². The van der Waals surface area contributed by atoms with E-state index in [1.165, 1.54) is 43.8 Å². The Bertz CT molecular complexity index is 1400. The average molecular weight is 518 g/mol. The number of nitrogens with zero attached hydrogens (tertiary/aromatic N) is 1. The molecule has 3 aromatic rings.